The maximum Gasteiger partial charge on any atom is 0.416 e. The van der Waals surface area contributed by atoms with Gasteiger partial charge in [0.2, 0.25) is 0 Å². The van der Waals surface area contributed by atoms with Gasteiger partial charge in [-0.25, -0.2) is 0 Å². The van der Waals surface area contributed by atoms with Crippen molar-refractivity contribution >= 4 is 0 Å². The van der Waals surface area contributed by atoms with Crippen LogP contribution in [0.1, 0.15) is 16.7 Å². The highest BCUT2D eigenvalue weighted by atomic mass is 19.4. The fourth-order valence-electron chi connectivity index (χ4n) is 3.31. The first-order valence-electron chi connectivity index (χ1n) is 9.11. The van der Waals surface area contributed by atoms with Crippen LogP contribution in [-0.4, -0.2) is 29.1 Å². The Morgan fingerprint density at radius 2 is 1.79 bits per heavy atom. The number of benzene rings is 2. The van der Waals surface area contributed by atoms with Crippen LogP contribution >= 0.6 is 0 Å². The summed E-state index contributed by atoms with van der Waals surface area (Å²) in [5.74, 6) is 0. The average Bonchev–Trinajstić information content (AvgIpc) is 2.68. The predicted molar refractivity (Wildman–Crippen MR) is 105 cm³/mol. The molecule has 1 fully saturated rings. The third kappa shape index (κ3) is 4.95. The van der Waals surface area contributed by atoms with E-state index in [2.05, 4.69) is 23.4 Å². The predicted octanol–water partition coefficient (Wildman–Crippen LogP) is 4.60. The first kappa shape index (κ1) is 20.0. The lowest BCUT2D eigenvalue weighted by Crippen LogP contribution is -2.55. The Morgan fingerprint density at radius 3 is 2.46 bits per heavy atom. The van der Waals surface area contributed by atoms with E-state index in [1.54, 1.807) is 12.3 Å². The molecule has 1 atom stereocenters. The van der Waals surface area contributed by atoms with Gasteiger partial charge in [0.05, 0.1) is 24.8 Å². The Hall–Kier alpha value is -2.73. The highest BCUT2D eigenvalue weighted by Gasteiger charge is 2.31. The van der Waals surface area contributed by atoms with Gasteiger partial charge in [-0.15, -0.1) is 0 Å². The molecule has 0 amide bonds. The Kier molecular flexibility index (Phi) is 6.09. The Bertz CT molecular complexity index is 817. The van der Waals surface area contributed by atoms with Crippen LogP contribution in [0.25, 0.3) is 0 Å². The molecule has 1 N–H and O–H groups in total. The third-order valence-corrected chi connectivity index (χ3v) is 4.85. The zero-order valence-corrected chi connectivity index (χ0v) is 15.6. The molecule has 3 rings (SSSR count). The summed E-state index contributed by atoms with van der Waals surface area (Å²) >= 11 is 0. The number of alkyl halides is 3. The summed E-state index contributed by atoms with van der Waals surface area (Å²) in [6, 6.07) is 15.5. The van der Waals surface area contributed by atoms with Crippen molar-refractivity contribution in [1.29, 1.82) is 0 Å². The van der Waals surface area contributed by atoms with Crippen molar-refractivity contribution in [3.63, 3.8) is 0 Å². The van der Waals surface area contributed by atoms with Crippen molar-refractivity contribution < 1.29 is 13.2 Å². The van der Waals surface area contributed by atoms with Gasteiger partial charge in [-0.2, -0.15) is 13.2 Å². The van der Waals surface area contributed by atoms with E-state index in [-0.39, 0.29) is 6.17 Å². The second-order valence-electron chi connectivity index (χ2n) is 6.88. The minimum atomic E-state index is -4.34. The maximum absolute atomic E-state index is 13.0. The van der Waals surface area contributed by atoms with Crippen LogP contribution in [0.2, 0.25) is 0 Å². The molecule has 1 aliphatic heterocycles. The summed E-state index contributed by atoms with van der Waals surface area (Å²) in [5, 5.41) is 3.50. The number of nitrogens with zero attached hydrogens (tertiary/aromatic N) is 2. The molecule has 0 bridgehead atoms. The summed E-state index contributed by atoms with van der Waals surface area (Å²) in [5.41, 5.74) is 2.01. The molecule has 2 aromatic rings. The molecule has 2 aromatic carbocycles. The Balaban J connectivity index is 1.69. The summed E-state index contributed by atoms with van der Waals surface area (Å²) in [6.45, 7) is 10.2. The molecule has 0 aromatic heterocycles. The molecule has 148 valence electrons. The fraction of sp³-hybridized carbons (Fsp3) is 0.273. The smallest absolute Gasteiger partial charge is 0.366 e. The van der Waals surface area contributed by atoms with E-state index in [1.807, 2.05) is 35.2 Å². The van der Waals surface area contributed by atoms with Crippen molar-refractivity contribution in [3.8, 4) is 0 Å². The van der Waals surface area contributed by atoms with E-state index >= 15 is 0 Å². The van der Waals surface area contributed by atoms with Gasteiger partial charge in [-0.1, -0.05) is 55.6 Å². The normalized spacial score (nSPS) is 17.7. The number of rotatable bonds is 6. The van der Waals surface area contributed by atoms with E-state index in [4.69, 9.17) is 0 Å². The molecule has 0 radical (unpaired) electrons. The molecule has 0 aliphatic carbocycles. The zero-order valence-electron chi connectivity index (χ0n) is 15.6. The molecular weight excluding hydrogens is 363 g/mol. The van der Waals surface area contributed by atoms with Gasteiger partial charge in [0.25, 0.3) is 0 Å². The van der Waals surface area contributed by atoms with Crippen molar-refractivity contribution in [1.82, 2.24) is 15.1 Å². The third-order valence-electron chi connectivity index (χ3n) is 4.85. The number of nitrogens with one attached hydrogen (secondary N) is 1. The van der Waals surface area contributed by atoms with Crippen LogP contribution in [0.5, 0.6) is 0 Å². The highest BCUT2D eigenvalue weighted by Crippen LogP contribution is 2.30. The molecule has 3 nitrogen and oxygen atoms in total. The number of hydrogen-bond acceptors (Lipinski definition) is 3. The molecule has 1 heterocycles. The van der Waals surface area contributed by atoms with Crippen LogP contribution in [-0.2, 0) is 19.3 Å². The SMILES string of the molecule is C=CN1CC(=C)N(Cc2cccc(C(F)(F)F)c2)CC1NCc1ccccc1. The van der Waals surface area contributed by atoms with Gasteiger partial charge in [-0.3, -0.25) is 5.32 Å². The van der Waals surface area contributed by atoms with Gasteiger partial charge in [0.1, 0.15) is 0 Å². The fourth-order valence-corrected chi connectivity index (χ4v) is 3.31. The lowest BCUT2D eigenvalue weighted by Gasteiger charge is -2.43. The van der Waals surface area contributed by atoms with Crippen molar-refractivity contribution in [3.05, 3.63) is 96.3 Å². The molecule has 1 saturated heterocycles. The summed E-state index contributed by atoms with van der Waals surface area (Å²) in [7, 11) is 0. The van der Waals surface area contributed by atoms with Crippen molar-refractivity contribution in [2.45, 2.75) is 25.4 Å². The lowest BCUT2D eigenvalue weighted by molar-refractivity contribution is -0.137. The standard InChI is InChI=1S/C22H24F3N3/c1-3-27-14-17(2)28(15-19-10-7-11-20(12-19)22(23,24)25)16-21(27)26-13-18-8-5-4-6-9-18/h3-12,21,26H,1-2,13-16H2. The highest BCUT2D eigenvalue weighted by molar-refractivity contribution is 5.26. The van der Waals surface area contributed by atoms with Gasteiger partial charge in [0, 0.05) is 18.8 Å². The first-order chi connectivity index (χ1) is 13.4. The summed E-state index contributed by atoms with van der Waals surface area (Å²) < 4.78 is 39.0. The Morgan fingerprint density at radius 1 is 1.07 bits per heavy atom. The van der Waals surface area contributed by atoms with E-state index in [0.717, 1.165) is 11.8 Å². The van der Waals surface area contributed by atoms with Crippen LogP contribution in [0.3, 0.4) is 0 Å². The molecule has 28 heavy (non-hydrogen) atoms. The second-order valence-corrected chi connectivity index (χ2v) is 6.88. The number of hydrogen-bond donors (Lipinski definition) is 1. The average molecular weight is 387 g/mol. The van der Waals surface area contributed by atoms with Crippen LogP contribution in [0.15, 0.2) is 79.7 Å². The van der Waals surface area contributed by atoms with Gasteiger partial charge >= 0.3 is 6.18 Å². The van der Waals surface area contributed by atoms with E-state index in [1.165, 1.54) is 17.7 Å². The van der Waals surface area contributed by atoms with Gasteiger partial charge in [-0.05, 0) is 29.5 Å². The summed E-state index contributed by atoms with van der Waals surface area (Å²) in [6.07, 6.45) is -2.57. The number of piperazine rings is 1. The monoisotopic (exact) mass is 387 g/mol. The zero-order chi connectivity index (χ0) is 20.1. The van der Waals surface area contributed by atoms with Gasteiger partial charge < -0.3 is 9.80 Å². The second kappa shape index (κ2) is 8.52. The molecule has 1 aliphatic rings. The van der Waals surface area contributed by atoms with Crippen molar-refractivity contribution in [2.75, 3.05) is 13.1 Å². The largest absolute Gasteiger partial charge is 0.416 e. The van der Waals surface area contributed by atoms with E-state index in [0.29, 0.717) is 31.7 Å². The topological polar surface area (TPSA) is 18.5 Å². The molecule has 0 saturated carbocycles. The molecule has 1 unspecified atom stereocenters. The quantitative estimate of drug-likeness (QED) is 0.782. The summed E-state index contributed by atoms with van der Waals surface area (Å²) in [4.78, 5) is 4.09. The Labute approximate surface area is 163 Å². The number of halogens is 3. The lowest BCUT2D eigenvalue weighted by atomic mass is 10.1. The minimum absolute atomic E-state index is 0.00555. The van der Waals surface area contributed by atoms with Crippen LogP contribution < -0.4 is 5.32 Å². The first-order valence-corrected chi connectivity index (χ1v) is 9.11. The molecule has 0 spiro atoms. The minimum Gasteiger partial charge on any atom is -0.366 e. The molecule has 6 heteroatoms. The van der Waals surface area contributed by atoms with E-state index in [9.17, 15) is 13.2 Å². The van der Waals surface area contributed by atoms with Crippen LogP contribution in [0, 0.1) is 0 Å². The van der Waals surface area contributed by atoms with Crippen LogP contribution in [0.4, 0.5) is 13.2 Å². The van der Waals surface area contributed by atoms with E-state index < -0.39 is 11.7 Å². The maximum atomic E-state index is 13.0. The van der Waals surface area contributed by atoms with Crippen molar-refractivity contribution in [2.24, 2.45) is 0 Å². The molecular formula is C22H24F3N3. The van der Waals surface area contributed by atoms with Gasteiger partial charge in [0.15, 0.2) is 0 Å².